The molecule has 0 bridgehead atoms. The number of hydrogen-bond donors (Lipinski definition) is 0. The zero-order valence-corrected chi connectivity index (χ0v) is 7.18. The summed E-state index contributed by atoms with van der Waals surface area (Å²) in [4.78, 5) is 0. The van der Waals surface area contributed by atoms with E-state index < -0.39 is 0 Å². The molecule has 1 aliphatic heterocycles. The van der Waals surface area contributed by atoms with E-state index in [2.05, 4.69) is 11.8 Å². The van der Waals surface area contributed by atoms with Gasteiger partial charge in [0.2, 0.25) is 0 Å². The molecular formula is C10H14O. The predicted molar refractivity (Wildman–Crippen MR) is 46.1 cm³/mol. The Labute approximate surface area is 68.4 Å². The van der Waals surface area contributed by atoms with Crippen molar-refractivity contribution in [3.8, 4) is 11.8 Å². The van der Waals surface area contributed by atoms with Crippen molar-refractivity contribution >= 4 is 0 Å². The number of ether oxygens (including phenoxy) is 1. The van der Waals surface area contributed by atoms with Gasteiger partial charge in [-0.05, 0) is 25.8 Å². The third-order valence-corrected chi connectivity index (χ3v) is 1.84. The molecule has 1 nitrogen and oxygen atoms in total. The van der Waals surface area contributed by atoms with Crippen LogP contribution in [0.25, 0.3) is 0 Å². The Balaban J connectivity index is 2.42. The molecule has 11 heavy (non-hydrogen) atoms. The molecule has 1 aliphatic rings. The fourth-order valence-corrected chi connectivity index (χ4v) is 0.936. The first-order valence-corrected chi connectivity index (χ1v) is 4.05. The number of allylic oxidation sites excluding steroid dienone is 2. The van der Waals surface area contributed by atoms with Gasteiger partial charge in [0.15, 0.2) is 0 Å². The summed E-state index contributed by atoms with van der Waals surface area (Å²) < 4.78 is 5.20. The summed E-state index contributed by atoms with van der Waals surface area (Å²) in [7, 11) is 0. The minimum Gasteiger partial charge on any atom is -0.380 e. The molecule has 0 aromatic rings. The van der Waals surface area contributed by atoms with Crippen LogP contribution in [0.5, 0.6) is 0 Å². The molecule has 0 aromatic heterocycles. The SMILES string of the molecule is C/C=C(\C)C#CC1CCOC1. The molecule has 1 heteroatoms. The first kappa shape index (κ1) is 8.36. The van der Waals surface area contributed by atoms with Crippen LogP contribution < -0.4 is 0 Å². The second-order valence-electron chi connectivity index (χ2n) is 2.80. The van der Waals surface area contributed by atoms with E-state index in [-0.39, 0.29) is 0 Å². The summed E-state index contributed by atoms with van der Waals surface area (Å²) in [6, 6.07) is 0. The highest BCUT2D eigenvalue weighted by Gasteiger charge is 2.11. The van der Waals surface area contributed by atoms with Crippen LogP contribution in [0.4, 0.5) is 0 Å². The fraction of sp³-hybridized carbons (Fsp3) is 0.600. The van der Waals surface area contributed by atoms with Crippen molar-refractivity contribution in [1.29, 1.82) is 0 Å². The van der Waals surface area contributed by atoms with Crippen LogP contribution >= 0.6 is 0 Å². The van der Waals surface area contributed by atoms with Crippen LogP contribution in [0, 0.1) is 17.8 Å². The Bertz CT molecular complexity index is 199. The molecule has 1 rings (SSSR count). The molecular weight excluding hydrogens is 136 g/mol. The molecule has 0 aromatic carbocycles. The Morgan fingerprint density at radius 2 is 2.45 bits per heavy atom. The maximum absolute atomic E-state index is 5.20. The summed E-state index contributed by atoms with van der Waals surface area (Å²) in [6.45, 7) is 5.75. The highest BCUT2D eigenvalue weighted by molar-refractivity contribution is 5.26. The lowest BCUT2D eigenvalue weighted by Crippen LogP contribution is -1.93. The van der Waals surface area contributed by atoms with Crippen molar-refractivity contribution in [3.63, 3.8) is 0 Å². The van der Waals surface area contributed by atoms with E-state index in [4.69, 9.17) is 4.74 Å². The normalized spacial score (nSPS) is 24.5. The van der Waals surface area contributed by atoms with Crippen molar-refractivity contribution in [2.75, 3.05) is 13.2 Å². The summed E-state index contributed by atoms with van der Waals surface area (Å²) in [6.07, 6.45) is 3.13. The highest BCUT2D eigenvalue weighted by Crippen LogP contribution is 2.10. The van der Waals surface area contributed by atoms with E-state index in [0.717, 1.165) is 25.2 Å². The summed E-state index contributed by atoms with van der Waals surface area (Å²) in [5.74, 6) is 6.77. The smallest absolute Gasteiger partial charge is 0.0604 e. The van der Waals surface area contributed by atoms with E-state index in [9.17, 15) is 0 Å². The largest absolute Gasteiger partial charge is 0.380 e. The van der Waals surface area contributed by atoms with Gasteiger partial charge >= 0.3 is 0 Å². The molecule has 1 heterocycles. The van der Waals surface area contributed by atoms with Crippen LogP contribution in [0.3, 0.4) is 0 Å². The lowest BCUT2D eigenvalue weighted by Gasteiger charge is -1.92. The lowest BCUT2D eigenvalue weighted by molar-refractivity contribution is 0.192. The second-order valence-corrected chi connectivity index (χ2v) is 2.80. The van der Waals surface area contributed by atoms with Gasteiger partial charge < -0.3 is 4.74 Å². The quantitative estimate of drug-likeness (QED) is 0.480. The molecule has 0 radical (unpaired) electrons. The number of hydrogen-bond acceptors (Lipinski definition) is 1. The van der Waals surface area contributed by atoms with Gasteiger partial charge in [-0.2, -0.15) is 0 Å². The molecule has 1 saturated heterocycles. The molecule has 0 N–H and O–H groups in total. The standard InChI is InChI=1S/C10H14O/c1-3-9(2)4-5-10-6-7-11-8-10/h3,10H,6-8H2,1-2H3/b9-3+. The minimum atomic E-state index is 0.477. The summed E-state index contributed by atoms with van der Waals surface area (Å²) in [5.41, 5.74) is 1.15. The van der Waals surface area contributed by atoms with Gasteiger partial charge in [-0.15, -0.1) is 0 Å². The topological polar surface area (TPSA) is 9.23 Å². The Kier molecular flexibility index (Phi) is 3.19. The van der Waals surface area contributed by atoms with Crippen LogP contribution in [0.2, 0.25) is 0 Å². The van der Waals surface area contributed by atoms with Gasteiger partial charge in [0, 0.05) is 12.5 Å². The zero-order chi connectivity index (χ0) is 8.10. The minimum absolute atomic E-state index is 0.477. The van der Waals surface area contributed by atoms with Crippen molar-refractivity contribution < 1.29 is 4.74 Å². The van der Waals surface area contributed by atoms with Crippen molar-refractivity contribution in [1.82, 2.24) is 0 Å². The average Bonchev–Trinajstić information content (AvgIpc) is 2.52. The molecule has 1 fully saturated rings. The third kappa shape index (κ3) is 2.78. The zero-order valence-electron chi connectivity index (χ0n) is 7.18. The van der Waals surface area contributed by atoms with Crippen LogP contribution in [0.1, 0.15) is 20.3 Å². The maximum Gasteiger partial charge on any atom is 0.0604 e. The van der Waals surface area contributed by atoms with Gasteiger partial charge in [0.25, 0.3) is 0 Å². The number of rotatable bonds is 0. The second kappa shape index (κ2) is 4.20. The molecule has 1 unspecified atom stereocenters. The van der Waals surface area contributed by atoms with Crippen LogP contribution in [-0.4, -0.2) is 13.2 Å². The Hall–Kier alpha value is -0.740. The van der Waals surface area contributed by atoms with Gasteiger partial charge in [-0.1, -0.05) is 17.9 Å². The Morgan fingerprint density at radius 3 is 3.00 bits per heavy atom. The summed E-state index contributed by atoms with van der Waals surface area (Å²) in [5, 5.41) is 0. The molecule has 1 atom stereocenters. The van der Waals surface area contributed by atoms with Crippen molar-refractivity contribution in [2.24, 2.45) is 5.92 Å². The van der Waals surface area contributed by atoms with E-state index >= 15 is 0 Å². The van der Waals surface area contributed by atoms with Gasteiger partial charge in [-0.25, -0.2) is 0 Å². The maximum atomic E-state index is 5.20. The first-order chi connectivity index (χ1) is 5.33. The van der Waals surface area contributed by atoms with E-state index in [1.165, 1.54) is 0 Å². The third-order valence-electron chi connectivity index (χ3n) is 1.84. The van der Waals surface area contributed by atoms with E-state index in [1.54, 1.807) is 0 Å². The van der Waals surface area contributed by atoms with Crippen LogP contribution in [-0.2, 0) is 4.74 Å². The Morgan fingerprint density at radius 1 is 1.64 bits per heavy atom. The van der Waals surface area contributed by atoms with Crippen LogP contribution in [0.15, 0.2) is 11.6 Å². The fourth-order valence-electron chi connectivity index (χ4n) is 0.936. The highest BCUT2D eigenvalue weighted by atomic mass is 16.5. The molecule has 60 valence electrons. The molecule has 0 amide bonds. The molecule has 0 saturated carbocycles. The van der Waals surface area contributed by atoms with E-state index in [0.29, 0.717) is 5.92 Å². The monoisotopic (exact) mass is 150 g/mol. The predicted octanol–water partition coefficient (Wildman–Crippen LogP) is 1.99. The average molecular weight is 150 g/mol. The van der Waals surface area contributed by atoms with Crippen molar-refractivity contribution in [2.45, 2.75) is 20.3 Å². The molecule has 0 aliphatic carbocycles. The van der Waals surface area contributed by atoms with E-state index in [1.807, 2.05) is 19.9 Å². The van der Waals surface area contributed by atoms with Gasteiger partial charge in [0.05, 0.1) is 6.61 Å². The lowest BCUT2D eigenvalue weighted by atomic mass is 10.1. The first-order valence-electron chi connectivity index (χ1n) is 4.05. The molecule has 0 spiro atoms. The van der Waals surface area contributed by atoms with Crippen molar-refractivity contribution in [3.05, 3.63) is 11.6 Å². The summed E-state index contributed by atoms with van der Waals surface area (Å²) >= 11 is 0. The van der Waals surface area contributed by atoms with Gasteiger partial charge in [-0.3, -0.25) is 0 Å². The van der Waals surface area contributed by atoms with Gasteiger partial charge in [0.1, 0.15) is 0 Å².